The van der Waals surface area contributed by atoms with Gasteiger partial charge in [0.25, 0.3) is 6.43 Å². The van der Waals surface area contributed by atoms with Crippen molar-refractivity contribution in [2.24, 2.45) is 5.73 Å². The van der Waals surface area contributed by atoms with Crippen molar-refractivity contribution in [2.75, 3.05) is 23.8 Å². The van der Waals surface area contributed by atoms with Crippen molar-refractivity contribution >= 4 is 17.3 Å². The molecule has 1 unspecified atom stereocenters. The van der Waals surface area contributed by atoms with Crippen LogP contribution in [0.1, 0.15) is 29.7 Å². The fourth-order valence-corrected chi connectivity index (χ4v) is 3.80. The van der Waals surface area contributed by atoms with Crippen LogP contribution in [-0.4, -0.2) is 31.1 Å². The van der Waals surface area contributed by atoms with Crippen LogP contribution in [0, 0.1) is 5.82 Å². The minimum atomic E-state index is -2.55. The van der Waals surface area contributed by atoms with E-state index in [1.165, 1.54) is 0 Å². The topological polar surface area (TPSA) is 78.6 Å². The summed E-state index contributed by atoms with van der Waals surface area (Å²) >= 11 is 0. The van der Waals surface area contributed by atoms with E-state index in [4.69, 9.17) is 5.73 Å². The molecular formula is C26H28F3N3O2. The zero-order chi connectivity index (χ0) is 24.8. The molecule has 0 aromatic heterocycles. The third-order valence-electron chi connectivity index (χ3n) is 5.52. The van der Waals surface area contributed by atoms with Gasteiger partial charge in [0.15, 0.2) is 0 Å². The number of hydrogen-bond acceptors (Lipinski definition) is 4. The van der Waals surface area contributed by atoms with Crippen molar-refractivity contribution in [3.63, 3.8) is 0 Å². The van der Waals surface area contributed by atoms with E-state index < -0.39 is 30.8 Å². The van der Waals surface area contributed by atoms with Crippen LogP contribution in [0.25, 0.3) is 11.1 Å². The van der Waals surface area contributed by atoms with Gasteiger partial charge in [-0.1, -0.05) is 42.5 Å². The summed E-state index contributed by atoms with van der Waals surface area (Å²) in [5.41, 5.74) is 9.68. The molecule has 3 aromatic rings. The van der Waals surface area contributed by atoms with Crippen molar-refractivity contribution in [3.05, 3.63) is 83.2 Å². The van der Waals surface area contributed by atoms with Gasteiger partial charge in [-0.25, -0.2) is 13.2 Å². The lowest BCUT2D eigenvalue weighted by molar-refractivity contribution is -0.136. The van der Waals surface area contributed by atoms with E-state index in [0.717, 1.165) is 5.56 Å². The van der Waals surface area contributed by atoms with E-state index in [2.05, 4.69) is 5.32 Å². The first-order valence-electron chi connectivity index (χ1n) is 10.9. The van der Waals surface area contributed by atoms with Crippen molar-refractivity contribution in [1.29, 1.82) is 0 Å². The van der Waals surface area contributed by atoms with E-state index in [-0.39, 0.29) is 6.42 Å². The molecule has 0 radical (unpaired) electrons. The van der Waals surface area contributed by atoms with Crippen LogP contribution >= 0.6 is 0 Å². The Hall–Kier alpha value is -3.52. The van der Waals surface area contributed by atoms with E-state index in [9.17, 15) is 18.7 Å². The third kappa shape index (κ3) is 6.29. The standard InChI is InChI=1S/C26H28F3N3O2/c1-16(30)22-8-5-9-23(26(22)29)19-10-20(31-14-24(27)28)13-21(11-19)32(2)15-18-7-4-3-6-17(18)12-25(33)34/h3-11,13,16,24,31H,12,14-15,30H2,1-2H3,(H,33,34). The molecule has 0 saturated heterocycles. The van der Waals surface area contributed by atoms with Gasteiger partial charge in [-0.15, -0.1) is 0 Å². The van der Waals surface area contributed by atoms with Crippen molar-refractivity contribution in [2.45, 2.75) is 32.4 Å². The Kier molecular flexibility index (Phi) is 8.17. The van der Waals surface area contributed by atoms with Gasteiger partial charge in [-0.05, 0) is 41.8 Å². The Labute approximate surface area is 197 Å². The maximum Gasteiger partial charge on any atom is 0.307 e. The molecule has 0 saturated carbocycles. The summed E-state index contributed by atoms with van der Waals surface area (Å²) in [6.45, 7) is 1.52. The second kappa shape index (κ2) is 11.1. The maximum atomic E-state index is 15.2. The number of carboxylic acids is 1. The number of benzene rings is 3. The second-order valence-electron chi connectivity index (χ2n) is 8.23. The molecule has 3 aromatic carbocycles. The highest BCUT2D eigenvalue weighted by molar-refractivity contribution is 5.75. The average molecular weight is 472 g/mol. The summed E-state index contributed by atoms with van der Waals surface area (Å²) in [6, 6.07) is 16.8. The van der Waals surface area contributed by atoms with Crippen molar-refractivity contribution < 1.29 is 23.1 Å². The first-order chi connectivity index (χ1) is 16.2. The average Bonchev–Trinajstić information content (AvgIpc) is 2.78. The van der Waals surface area contributed by atoms with Gasteiger partial charge >= 0.3 is 5.97 Å². The largest absolute Gasteiger partial charge is 0.481 e. The normalized spacial score (nSPS) is 12.0. The highest BCUT2D eigenvalue weighted by Gasteiger charge is 2.16. The van der Waals surface area contributed by atoms with Gasteiger partial charge in [-0.3, -0.25) is 4.79 Å². The fourth-order valence-electron chi connectivity index (χ4n) is 3.80. The third-order valence-corrected chi connectivity index (χ3v) is 5.52. The van der Waals surface area contributed by atoms with Gasteiger partial charge in [0, 0.05) is 42.1 Å². The summed E-state index contributed by atoms with van der Waals surface area (Å²) in [6.07, 6.45) is -2.66. The van der Waals surface area contributed by atoms with Crippen molar-refractivity contribution in [1.82, 2.24) is 0 Å². The molecule has 0 heterocycles. The summed E-state index contributed by atoms with van der Waals surface area (Å²) in [4.78, 5) is 13.1. The van der Waals surface area contributed by atoms with Crippen LogP contribution in [-0.2, 0) is 17.8 Å². The molecule has 3 rings (SSSR count). The van der Waals surface area contributed by atoms with E-state index in [1.54, 1.807) is 55.5 Å². The Morgan fingerprint density at radius 3 is 2.44 bits per heavy atom. The van der Waals surface area contributed by atoms with Crippen LogP contribution in [0.3, 0.4) is 0 Å². The molecule has 8 heteroatoms. The predicted molar refractivity (Wildman–Crippen MR) is 129 cm³/mol. The maximum absolute atomic E-state index is 15.2. The number of alkyl halides is 2. The Bertz CT molecular complexity index is 1150. The smallest absolute Gasteiger partial charge is 0.307 e. The van der Waals surface area contributed by atoms with Gasteiger partial charge in [0.05, 0.1) is 13.0 Å². The highest BCUT2D eigenvalue weighted by atomic mass is 19.3. The quantitative estimate of drug-likeness (QED) is 0.366. The van der Waals surface area contributed by atoms with Crippen LogP contribution in [0.15, 0.2) is 60.7 Å². The van der Waals surface area contributed by atoms with Crippen LogP contribution in [0.2, 0.25) is 0 Å². The number of nitrogens with one attached hydrogen (secondary N) is 1. The number of nitrogens with zero attached hydrogens (tertiary/aromatic N) is 1. The first-order valence-corrected chi connectivity index (χ1v) is 10.9. The van der Waals surface area contributed by atoms with E-state index in [1.807, 2.05) is 24.1 Å². The number of halogens is 3. The zero-order valence-electron chi connectivity index (χ0n) is 19.1. The number of anilines is 2. The molecule has 0 fully saturated rings. The van der Waals surface area contributed by atoms with Crippen molar-refractivity contribution in [3.8, 4) is 11.1 Å². The second-order valence-corrected chi connectivity index (χ2v) is 8.23. The molecule has 34 heavy (non-hydrogen) atoms. The van der Waals surface area contributed by atoms with Crippen LogP contribution in [0.5, 0.6) is 0 Å². The molecule has 1 atom stereocenters. The number of carboxylic acid groups (broad SMARTS) is 1. The van der Waals surface area contributed by atoms with Crippen LogP contribution < -0.4 is 16.0 Å². The minimum Gasteiger partial charge on any atom is -0.481 e. The van der Waals surface area contributed by atoms with E-state index in [0.29, 0.717) is 40.2 Å². The number of carbonyl (C=O) groups is 1. The summed E-state index contributed by atoms with van der Waals surface area (Å²) in [5, 5.41) is 11.9. The Morgan fingerprint density at radius 2 is 1.79 bits per heavy atom. The number of hydrogen-bond donors (Lipinski definition) is 3. The molecule has 0 spiro atoms. The molecule has 180 valence electrons. The monoisotopic (exact) mass is 471 g/mol. The molecule has 0 aliphatic heterocycles. The molecule has 4 N–H and O–H groups in total. The highest BCUT2D eigenvalue weighted by Crippen LogP contribution is 2.33. The lowest BCUT2D eigenvalue weighted by atomic mass is 9.98. The van der Waals surface area contributed by atoms with Gasteiger partial charge in [0.2, 0.25) is 0 Å². The lowest BCUT2D eigenvalue weighted by Gasteiger charge is -2.23. The Balaban J connectivity index is 2.02. The minimum absolute atomic E-state index is 0.111. The molecule has 0 amide bonds. The van der Waals surface area contributed by atoms with Gasteiger partial charge in [-0.2, -0.15) is 0 Å². The first kappa shape index (κ1) is 25.1. The summed E-state index contributed by atoms with van der Waals surface area (Å²) in [5.74, 6) is -1.39. The number of rotatable bonds is 10. The predicted octanol–water partition coefficient (Wildman–Crippen LogP) is 5.45. The number of aliphatic carboxylic acids is 1. The SMILES string of the molecule is CC(N)c1cccc(-c2cc(NCC(F)F)cc(N(C)Cc3ccccc3CC(=O)O)c2)c1F. The number of nitrogens with two attached hydrogens (primary N) is 1. The summed E-state index contributed by atoms with van der Waals surface area (Å²) < 4.78 is 40.9. The summed E-state index contributed by atoms with van der Waals surface area (Å²) in [7, 11) is 1.81. The molecule has 0 aliphatic carbocycles. The van der Waals surface area contributed by atoms with E-state index >= 15 is 4.39 Å². The molecule has 5 nitrogen and oxygen atoms in total. The van der Waals surface area contributed by atoms with Gasteiger partial charge in [0.1, 0.15) is 5.82 Å². The fraction of sp³-hybridized carbons (Fsp3) is 0.269. The zero-order valence-corrected chi connectivity index (χ0v) is 19.1. The Morgan fingerprint density at radius 1 is 1.09 bits per heavy atom. The molecular weight excluding hydrogens is 443 g/mol. The molecule has 0 aliphatic rings. The lowest BCUT2D eigenvalue weighted by Crippen LogP contribution is -2.19. The van der Waals surface area contributed by atoms with Crippen LogP contribution in [0.4, 0.5) is 24.5 Å². The molecule has 0 bridgehead atoms. The van der Waals surface area contributed by atoms with Gasteiger partial charge < -0.3 is 21.1 Å².